The Balaban J connectivity index is 1.66. The smallest absolute Gasteiger partial charge is 0.243 e. The van der Waals surface area contributed by atoms with Crippen molar-refractivity contribution in [1.29, 1.82) is 0 Å². The van der Waals surface area contributed by atoms with Crippen molar-refractivity contribution < 1.29 is 13.2 Å². The Morgan fingerprint density at radius 1 is 1.11 bits per heavy atom. The molecule has 0 aromatic heterocycles. The van der Waals surface area contributed by atoms with Crippen molar-refractivity contribution in [3.05, 3.63) is 64.7 Å². The molecule has 1 saturated heterocycles. The second-order valence-corrected chi connectivity index (χ2v) is 9.51. The van der Waals surface area contributed by atoms with Crippen LogP contribution in [0.1, 0.15) is 36.8 Å². The number of aryl methyl sites for hydroxylation is 1. The highest BCUT2D eigenvalue weighted by Gasteiger charge is 2.34. The number of benzene rings is 2. The maximum Gasteiger partial charge on any atom is 0.243 e. The Morgan fingerprint density at radius 2 is 1.79 bits per heavy atom. The summed E-state index contributed by atoms with van der Waals surface area (Å²) in [5.41, 5.74) is 2.19. The van der Waals surface area contributed by atoms with Crippen LogP contribution < -0.4 is 5.32 Å². The van der Waals surface area contributed by atoms with Gasteiger partial charge in [-0.3, -0.25) is 4.79 Å². The molecular formula is C21H25ClN2O3S. The molecule has 7 heteroatoms. The molecule has 5 nitrogen and oxygen atoms in total. The van der Waals surface area contributed by atoms with Crippen LogP contribution in [0.3, 0.4) is 0 Å². The molecule has 2 aromatic rings. The molecule has 1 amide bonds. The summed E-state index contributed by atoms with van der Waals surface area (Å²) in [6.07, 6.45) is 2.57. The van der Waals surface area contributed by atoms with Crippen molar-refractivity contribution in [2.75, 3.05) is 6.54 Å². The summed E-state index contributed by atoms with van der Waals surface area (Å²) in [7, 11) is -3.65. The van der Waals surface area contributed by atoms with Crippen LogP contribution in [-0.2, 0) is 21.4 Å². The Hall–Kier alpha value is -1.89. The number of hydrogen-bond acceptors (Lipinski definition) is 3. The predicted octanol–water partition coefficient (Wildman–Crippen LogP) is 3.90. The number of carbonyl (C=O) groups excluding carboxylic acids is 1. The normalized spacial score (nSPS) is 18.0. The minimum absolute atomic E-state index is 0.135. The average molecular weight is 421 g/mol. The van der Waals surface area contributed by atoms with Crippen LogP contribution in [0, 0.1) is 6.92 Å². The van der Waals surface area contributed by atoms with Gasteiger partial charge in [0.1, 0.15) is 0 Å². The number of piperidine rings is 1. The van der Waals surface area contributed by atoms with Gasteiger partial charge in [0.25, 0.3) is 0 Å². The highest BCUT2D eigenvalue weighted by molar-refractivity contribution is 7.89. The molecule has 0 aliphatic carbocycles. The predicted molar refractivity (Wildman–Crippen MR) is 111 cm³/mol. The fourth-order valence-corrected chi connectivity index (χ4v) is 5.25. The molecule has 1 N–H and O–H groups in total. The van der Waals surface area contributed by atoms with E-state index in [1.54, 1.807) is 12.1 Å². The van der Waals surface area contributed by atoms with E-state index in [9.17, 15) is 13.2 Å². The number of hydrogen-bond donors (Lipinski definition) is 1. The fraction of sp³-hybridized carbons (Fsp3) is 0.381. The van der Waals surface area contributed by atoms with Crippen LogP contribution in [0.2, 0.25) is 5.02 Å². The second-order valence-electron chi connectivity index (χ2n) is 7.19. The third kappa shape index (κ3) is 5.13. The third-order valence-electron chi connectivity index (χ3n) is 5.02. The average Bonchev–Trinajstić information content (AvgIpc) is 2.68. The van der Waals surface area contributed by atoms with Crippen LogP contribution >= 0.6 is 11.6 Å². The first-order chi connectivity index (χ1) is 13.4. The number of halogens is 1. The van der Waals surface area contributed by atoms with E-state index in [0.717, 1.165) is 18.4 Å². The molecule has 1 fully saturated rings. The molecule has 150 valence electrons. The zero-order valence-electron chi connectivity index (χ0n) is 15.9. The summed E-state index contributed by atoms with van der Waals surface area (Å²) in [5, 5.41) is 3.40. The van der Waals surface area contributed by atoms with Gasteiger partial charge in [0, 0.05) is 30.6 Å². The first-order valence-corrected chi connectivity index (χ1v) is 11.3. The molecule has 0 spiro atoms. The summed E-state index contributed by atoms with van der Waals surface area (Å²) >= 11 is 5.88. The Morgan fingerprint density at radius 3 is 2.46 bits per heavy atom. The third-order valence-corrected chi connectivity index (χ3v) is 7.24. The van der Waals surface area contributed by atoms with Crippen molar-refractivity contribution in [3.63, 3.8) is 0 Å². The van der Waals surface area contributed by atoms with Gasteiger partial charge in [0.2, 0.25) is 15.9 Å². The zero-order valence-corrected chi connectivity index (χ0v) is 17.5. The minimum Gasteiger partial charge on any atom is -0.352 e. The molecule has 0 unspecified atom stereocenters. The van der Waals surface area contributed by atoms with Crippen molar-refractivity contribution >= 4 is 27.5 Å². The fourth-order valence-electron chi connectivity index (χ4n) is 3.43. The molecule has 0 saturated carbocycles. The first kappa shape index (κ1) is 20.8. The van der Waals surface area contributed by atoms with Gasteiger partial charge in [-0.05, 0) is 49.6 Å². The van der Waals surface area contributed by atoms with Gasteiger partial charge in [-0.25, -0.2) is 8.42 Å². The maximum absolute atomic E-state index is 13.1. The summed E-state index contributed by atoms with van der Waals surface area (Å²) < 4.78 is 27.6. The monoisotopic (exact) mass is 420 g/mol. The van der Waals surface area contributed by atoms with E-state index >= 15 is 0 Å². The highest BCUT2D eigenvalue weighted by Crippen LogP contribution is 2.27. The van der Waals surface area contributed by atoms with Gasteiger partial charge in [0.05, 0.1) is 4.90 Å². The lowest BCUT2D eigenvalue weighted by Gasteiger charge is -2.34. The number of nitrogens with one attached hydrogen (secondary N) is 1. The molecule has 2 aromatic carbocycles. The summed E-state index contributed by atoms with van der Waals surface area (Å²) in [6.45, 7) is 2.89. The van der Waals surface area contributed by atoms with Crippen LogP contribution in [0.4, 0.5) is 0 Å². The number of sulfonamides is 1. The lowest BCUT2D eigenvalue weighted by atomic mass is 10.0. The van der Waals surface area contributed by atoms with Crippen LogP contribution in [0.25, 0.3) is 0 Å². The van der Waals surface area contributed by atoms with Crippen LogP contribution in [0.15, 0.2) is 53.4 Å². The molecule has 1 atom stereocenters. The van der Waals surface area contributed by atoms with Gasteiger partial charge in [-0.2, -0.15) is 4.31 Å². The SMILES string of the molecule is Cc1ccc(CNC(=O)C[C@H]2CCCCN2S(=O)(=O)c2ccc(Cl)cc2)cc1. The van der Waals surface area contributed by atoms with Gasteiger partial charge in [0.15, 0.2) is 0 Å². The molecule has 28 heavy (non-hydrogen) atoms. The zero-order chi connectivity index (χ0) is 20.1. The van der Waals surface area contributed by atoms with E-state index < -0.39 is 10.0 Å². The molecular weight excluding hydrogens is 396 g/mol. The van der Waals surface area contributed by atoms with E-state index in [1.165, 1.54) is 22.0 Å². The maximum atomic E-state index is 13.1. The van der Waals surface area contributed by atoms with Gasteiger partial charge in [-0.15, -0.1) is 0 Å². The Bertz CT molecular complexity index is 912. The molecule has 0 radical (unpaired) electrons. The van der Waals surface area contributed by atoms with E-state index in [1.807, 2.05) is 31.2 Å². The van der Waals surface area contributed by atoms with Crippen molar-refractivity contribution in [1.82, 2.24) is 9.62 Å². The molecule has 1 heterocycles. The lowest BCUT2D eigenvalue weighted by molar-refractivity contribution is -0.122. The minimum atomic E-state index is -3.65. The number of carbonyl (C=O) groups is 1. The quantitative estimate of drug-likeness (QED) is 0.770. The molecule has 1 aliphatic heterocycles. The standard InChI is InChI=1S/C21H25ClN2O3S/c1-16-5-7-17(8-6-16)15-23-21(25)14-19-4-2-3-13-24(19)28(26,27)20-11-9-18(22)10-12-20/h5-12,19H,2-4,13-15H2,1H3,(H,23,25)/t19-/m1/s1. The summed E-state index contributed by atoms with van der Waals surface area (Å²) in [5.74, 6) is -0.135. The number of rotatable bonds is 6. The second kappa shape index (κ2) is 9.07. The van der Waals surface area contributed by atoms with E-state index in [2.05, 4.69) is 5.32 Å². The summed E-state index contributed by atoms with van der Waals surface area (Å²) in [4.78, 5) is 12.7. The Labute approximate surface area is 171 Å². The van der Waals surface area contributed by atoms with E-state index in [0.29, 0.717) is 24.5 Å². The van der Waals surface area contributed by atoms with Crippen molar-refractivity contribution in [3.8, 4) is 0 Å². The van der Waals surface area contributed by atoms with E-state index in [-0.39, 0.29) is 23.3 Å². The van der Waals surface area contributed by atoms with Crippen molar-refractivity contribution in [2.45, 2.75) is 50.1 Å². The first-order valence-electron chi connectivity index (χ1n) is 9.46. The van der Waals surface area contributed by atoms with Gasteiger partial charge in [-0.1, -0.05) is 47.9 Å². The van der Waals surface area contributed by atoms with Gasteiger partial charge < -0.3 is 5.32 Å². The largest absolute Gasteiger partial charge is 0.352 e. The van der Waals surface area contributed by atoms with E-state index in [4.69, 9.17) is 11.6 Å². The molecule has 3 rings (SSSR count). The lowest BCUT2D eigenvalue weighted by Crippen LogP contribution is -2.45. The molecule has 0 bridgehead atoms. The summed E-state index contributed by atoms with van der Waals surface area (Å²) in [6, 6.07) is 13.8. The van der Waals surface area contributed by atoms with Crippen LogP contribution in [-0.4, -0.2) is 31.2 Å². The highest BCUT2D eigenvalue weighted by atomic mass is 35.5. The van der Waals surface area contributed by atoms with Crippen molar-refractivity contribution in [2.24, 2.45) is 0 Å². The number of amides is 1. The number of nitrogens with zero attached hydrogens (tertiary/aromatic N) is 1. The topological polar surface area (TPSA) is 66.5 Å². The Kier molecular flexibility index (Phi) is 6.75. The van der Waals surface area contributed by atoms with Gasteiger partial charge >= 0.3 is 0 Å². The van der Waals surface area contributed by atoms with Crippen LogP contribution in [0.5, 0.6) is 0 Å². The molecule has 1 aliphatic rings.